The maximum absolute atomic E-state index is 6.14. The molecule has 0 fully saturated rings. The Bertz CT molecular complexity index is 794. The molecule has 0 aliphatic carbocycles. The van der Waals surface area contributed by atoms with Gasteiger partial charge in [-0.3, -0.25) is 0 Å². The third-order valence-corrected chi connectivity index (χ3v) is 4.79. The third-order valence-electron chi connectivity index (χ3n) is 3.10. The number of nitrogens with zero attached hydrogens (tertiary/aromatic N) is 2. The highest BCUT2D eigenvalue weighted by Crippen LogP contribution is 2.27. The van der Waals surface area contributed by atoms with E-state index in [9.17, 15) is 0 Å². The van der Waals surface area contributed by atoms with E-state index in [2.05, 4.69) is 9.97 Å². The van der Waals surface area contributed by atoms with E-state index in [1.807, 2.05) is 37.4 Å². The second-order valence-electron chi connectivity index (χ2n) is 4.73. The second kappa shape index (κ2) is 5.79. The zero-order chi connectivity index (χ0) is 15.0. The van der Waals surface area contributed by atoms with Gasteiger partial charge >= 0.3 is 0 Å². The van der Waals surface area contributed by atoms with Gasteiger partial charge in [0.1, 0.15) is 22.3 Å². The fourth-order valence-corrected chi connectivity index (χ4v) is 3.26. The van der Waals surface area contributed by atoms with Crippen molar-refractivity contribution in [3.8, 4) is 5.75 Å². The molecule has 0 aliphatic heterocycles. The first-order valence-electron chi connectivity index (χ1n) is 6.34. The van der Waals surface area contributed by atoms with Crippen molar-refractivity contribution in [1.29, 1.82) is 0 Å². The number of ether oxygens (including phenoxy) is 1. The molecule has 0 unspecified atom stereocenters. The lowest BCUT2D eigenvalue weighted by atomic mass is 10.1. The van der Waals surface area contributed by atoms with Crippen molar-refractivity contribution < 1.29 is 4.74 Å². The van der Waals surface area contributed by atoms with Crippen LogP contribution in [0.5, 0.6) is 5.75 Å². The van der Waals surface area contributed by atoms with Crippen LogP contribution in [0, 0.1) is 13.8 Å². The number of aromatic nitrogens is 2. The number of hydrogen-bond donors (Lipinski definition) is 0. The Kier molecular flexibility index (Phi) is 4.02. The molecule has 0 saturated carbocycles. The SMILES string of the molecule is Cc1cc(OCc2nc(Cl)c3ccsc3n2)cc(C)c1Cl. The smallest absolute Gasteiger partial charge is 0.169 e. The Morgan fingerprint density at radius 1 is 1.14 bits per heavy atom. The number of thiophene rings is 1. The average Bonchev–Trinajstić information content (AvgIpc) is 2.91. The molecule has 0 aliphatic rings. The third kappa shape index (κ3) is 2.98. The molecule has 0 bridgehead atoms. The summed E-state index contributed by atoms with van der Waals surface area (Å²) in [7, 11) is 0. The van der Waals surface area contributed by atoms with E-state index >= 15 is 0 Å². The molecule has 0 amide bonds. The molecular weight excluding hydrogens is 327 g/mol. The van der Waals surface area contributed by atoms with E-state index < -0.39 is 0 Å². The number of rotatable bonds is 3. The monoisotopic (exact) mass is 338 g/mol. The molecule has 108 valence electrons. The normalized spacial score (nSPS) is 11.0. The summed E-state index contributed by atoms with van der Waals surface area (Å²) in [5.41, 5.74) is 1.97. The molecule has 0 N–H and O–H groups in total. The fraction of sp³-hybridized carbons (Fsp3) is 0.200. The van der Waals surface area contributed by atoms with Crippen LogP contribution in [0.4, 0.5) is 0 Å². The van der Waals surface area contributed by atoms with E-state index in [1.54, 1.807) is 0 Å². The Balaban J connectivity index is 1.83. The average molecular weight is 339 g/mol. The molecule has 21 heavy (non-hydrogen) atoms. The summed E-state index contributed by atoms with van der Waals surface area (Å²) < 4.78 is 5.75. The summed E-state index contributed by atoms with van der Waals surface area (Å²) in [5.74, 6) is 1.32. The van der Waals surface area contributed by atoms with Gasteiger partial charge in [-0.05, 0) is 48.6 Å². The first-order chi connectivity index (χ1) is 10.0. The van der Waals surface area contributed by atoms with Gasteiger partial charge in [0.25, 0.3) is 0 Å². The minimum atomic E-state index is 0.272. The van der Waals surface area contributed by atoms with Gasteiger partial charge in [0.15, 0.2) is 5.82 Å². The van der Waals surface area contributed by atoms with Crippen LogP contribution >= 0.6 is 34.5 Å². The van der Waals surface area contributed by atoms with Crippen molar-refractivity contribution in [3.63, 3.8) is 0 Å². The van der Waals surface area contributed by atoms with E-state index in [4.69, 9.17) is 27.9 Å². The largest absolute Gasteiger partial charge is 0.486 e. The lowest BCUT2D eigenvalue weighted by Gasteiger charge is -2.09. The molecule has 0 saturated heterocycles. The van der Waals surface area contributed by atoms with Gasteiger partial charge in [0.05, 0.1) is 0 Å². The van der Waals surface area contributed by atoms with Gasteiger partial charge in [-0.25, -0.2) is 9.97 Å². The minimum Gasteiger partial charge on any atom is -0.486 e. The predicted octanol–water partition coefficient (Wildman–Crippen LogP) is 5.19. The Labute approximate surface area is 136 Å². The van der Waals surface area contributed by atoms with Crippen molar-refractivity contribution in [1.82, 2.24) is 9.97 Å². The topological polar surface area (TPSA) is 35.0 Å². The Hall–Kier alpha value is -1.36. The highest BCUT2D eigenvalue weighted by atomic mass is 35.5. The van der Waals surface area contributed by atoms with Crippen molar-refractivity contribution in [3.05, 3.63) is 50.7 Å². The molecule has 6 heteroatoms. The fourth-order valence-electron chi connectivity index (χ4n) is 2.06. The molecule has 0 radical (unpaired) electrons. The highest BCUT2D eigenvalue weighted by molar-refractivity contribution is 7.16. The predicted molar refractivity (Wildman–Crippen MR) is 87.7 cm³/mol. The zero-order valence-corrected chi connectivity index (χ0v) is 13.8. The van der Waals surface area contributed by atoms with Crippen LogP contribution in [0.3, 0.4) is 0 Å². The first kappa shape index (κ1) is 14.6. The van der Waals surface area contributed by atoms with E-state index in [0.717, 1.165) is 32.1 Å². The second-order valence-corrected chi connectivity index (χ2v) is 6.36. The maximum Gasteiger partial charge on any atom is 0.169 e. The molecule has 3 nitrogen and oxygen atoms in total. The molecular formula is C15H12Cl2N2OS. The molecule has 0 spiro atoms. The van der Waals surface area contributed by atoms with Crippen molar-refractivity contribution in [2.24, 2.45) is 0 Å². The summed E-state index contributed by atoms with van der Waals surface area (Å²) in [4.78, 5) is 9.58. The molecule has 0 atom stereocenters. The summed E-state index contributed by atoms with van der Waals surface area (Å²) in [5, 5.41) is 4.05. The number of aryl methyl sites for hydroxylation is 2. The molecule has 3 aromatic rings. The number of hydrogen-bond acceptors (Lipinski definition) is 4. The zero-order valence-electron chi connectivity index (χ0n) is 11.5. The van der Waals surface area contributed by atoms with Crippen molar-refractivity contribution in [2.75, 3.05) is 0 Å². The van der Waals surface area contributed by atoms with Crippen LogP contribution in [-0.4, -0.2) is 9.97 Å². The van der Waals surface area contributed by atoms with E-state index in [0.29, 0.717) is 11.0 Å². The summed E-state index contributed by atoms with van der Waals surface area (Å²) >= 11 is 13.8. The lowest BCUT2D eigenvalue weighted by molar-refractivity contribution is 0.296. The van der Waals surface area contributed by atoms with E-state index in [-0.39, 0.29) is 6.61 Å². The van der Waals surface area contributed by atoms with Gasteiger partial charge in [0, 0.05) is 10.4 Å². The quantitative estimate of drug-likeness (QED) is 0.616. The molecule has 2 heterocycles. The Morgan fingerprint density at radius 2 is 1.86 bits per heavy atom. The van der Waals surface area contributed by atoms with Gasteiger partial charge in [-0.2, -0.15) is 0 Å². The molecule has 1 aromatic carbocycles. The standard InChI is InChI=1S/C15H12Cl2N2OS/c1-8-5-10(6-9(2)13(8)16)20-7-12-18-14(17)11-3-4-21-15(11)19-12/h3-6H,7H2,1-2H3. The van der Waals surface area contributed by atoms with Gasteiger partial charge in [-0.15, -0.1) is 11.3 Å². The highest BCUT2D eigenvalue weighted by Gasteiger charge is 2.09. The lowest BCUT2D eigenvalue weighted by Crippen LogP contribution is -2.02. The van der Waals surface area contributed by atoms with Crippen LogP contribution < -0.4 is 4.74 Å². The van der Waals surface area contributed by atoms with Gasteiger partial charge in [0.2, 0.25) is 0 Å². The number of halogens is 2. The first-order valence-corrected chi connectivity index (χ1v) is 7.97. The van der Waals surface area contributed by atoms with Crippen molar-refractivity contribution in [2.45, 2.75) is 20.5 Å². The minimum absolute atomic E-state index is 0.272. The number of benzene rings is 1. The van der Waals surface area contributed by atoms with Crippen LogP contribution in [0.15, 0.2) is 23.6 Å². The summed E-state index contributed by atoms with van der Waals surface area (Å²) in [6.07, 6.45) is 0. The Morgan fingerprint density at radius 3 is 2.57 bits per heavy atom. The van der Waals surface area contributed by atoms with Gasteiger partial charge in [-0.1, -0.05) is 23.2 Å². The maximum atomic E-state index is 6.14. The molecule has 3 rings (SSSR count). The van der Waals surface area contributed by atoms with Crippen molar-refractivity contribution >= 4 is 44.8 Å². The summed E-state index contributed by atoms with van der Waals surface area (Å²) in [6.45, 7) is 4.18. The molecule has 2 aromatic heterocycles. The number of fused-ring (bicyclic) bond motifs is 1. The van der Waals surface area contributed by atoms with E-state index in [1.165, 1.54) is 11.3 Å². The van der Waals surface area contributed by atoms with Crippen LogP contribution in [-0.2, 0) is 6.61 Å². The van der Waals surface area contributed by atoms with Crippen LogP contribution in [0.25, 0.3) is 10.2 Å². The summed E-state index contributed by atoms with van der Waals surface area (Å²) in [6, 6.07) is 5.72. The van der Waals surface area contributed by atoms with Gasteiger partial charge < -0.3 is 4.74 Å². The van der Waals surface area contributed by atoms with Crippen LogP contribution in [0.2, 0.25) is 10.2 Å². The van der Waals surface area contributed by atoms with Crippen LogP contribution in [0.1, 0.15) is 17.0 Å².